The molecule has 12 heavy (non-hydrogen) atoms. The third-order valence-electron chi connectivity index (χ3n) is 1.89. The third-order valence-corrected chi connectivity index (χ3v) is 1.89. The van der Waals surface area contributed by atoms with Crippen LogP contribution in [0.25, 0.3) is 0 Å². The van der Waals surface area contributed by atoms with Crippen LogP contribution in [0.3, 0.4) is 0 Å². The maximum Gasteiger partial charge on any atom is 0.0741 e. The van der Waals surface area contributed by atoms with Crippen LogP contribution in [0.4, 0.5) is 0 Å². The first-order chi connectivity index (χ1) is 5.62. The van der Waals surface area contributed by atoms with Gasteiger partial charge in [-0.15, -0.1) is 0 Å². The molecule has 0 aromatic heterocycles. The Labute approximate surface area is 75.1 Å². The summed E-state index contributed by atoms with van der Waals surface area (Å²) in [5, 5.41) is 12.7. The standard InChI is InChI=1S/C9H21NO2/c1-4-9(3,11)8-10-6-7-12-5-2/h10-11H,4-8H2,1-3H3. The van der Waals surface area contributed by atoms with E-state index in [1.54, 1.807) is 0 Å². The fourth-order valence-corrected chi connectivity index (χ4v) is 0.771. The van der Waals surface area contributed by atoms with Gasteiger partial charge in [-0.05, 0) is 20.3 Å². The average molecular weight is 175 g/mol. The Morgan fingerprint density at radius 3 is 2.58 bits per heavy atom. The highest BCUT2D eigenvalue weighted by Gasteiger charge is 2.15. The quantitative estimate of drug-likeness (QED) is 0.562. The summed E-state index contributed by atoms with van der Waals surface area (Å²) in [6.07, 6.45) is 0.772. The van der Waals surface area contributed by atoms with Gasteiger partial charge in [-0.1, -0.05) is 6.92 Å². The summed E-state index contributed by atoms with van der Waals surface area (Å²) in [7, 11) is 0. The molecule has 2 N–H and O–H groups in total. The molecule has 0 fully saturated rings. The highest BCUT2D eigenvalue weighted by molar-refractivity contribution is 4.72. The van der Waals surface area contributed by atoms with Crippen molar-refractivity contribution in [1.82, 2.24) is 5.32 Å². The molecule has 0 amide bonds. The van der Waals surface area contributed by atoms with Crippen molar-refractivity contribution in [2.45, 2.75) is 32.8 Å². The van der Waals surface area contributed by atoms with Gasteiger partial charge < -0.3 is 15.2 Å². The number of rotatable bonds is 7. The lowest BCUT2D eigenvalue weighted by atomic mass is 10.0. The van der Waals surface area contributed by atoms with Crippen LogP contribution in [0, 0.1) is 0 Å². The van der Waals surface area contributed by atoms with Crippen LogP contribution in [-0.4, -0.2) is 37.0 Å². The van der Waals surface area contributed by atoms with Crippen LogP contribution >= 0.6 is 0 Å². The number of nitrogens with one attached hydrogen (secondary N) is 1. The highest BCUT2D eigenvalue weighted by atomic mass is 16.5. The molecule has 1 atom stereocenters. The molecule has 0 spiro atoms. The molecule has 3 heteroatoms. The van der Waals surface area contributed by atoms with E-state index in [0.29, 0.717) is 6.54 Å². The Hall–Kier alpha value is -0.120. The molecular formula is C9H21NO2. The van der Waals surface area contributed by atoms with Crippen molar-refractivity contribution in [2.24, 2.45) is 0 Å². The number of aliphatic hydroxyl groups is 1. The Morgan fingerprint density at radius 2 is 2.08 bits per heavy atom. The van der Waals surface area contributed by atoms with E-state index in [1.165, 1.54) is 0 Å². The van der Waals surface area contributed by atoms with Crippen molar-refractivity contribution in [3.8, 4) is 0 Å². The molecule has 74 valence electrons. The zero-order valence-electron chi connectivity index (χ0n) is 8.39. The first kappa shape index (κ1) is 11.9. The largest absolute Gasteiger partial charge is 0.389 e. The predicted molar refractivity (Wildman–Crippen MR) is 50.3 cm³/mol. The van der Waals surface area contributed by atoms with Gasteiger partial charge in [0.1, 0.15) is 0 Å². The molecule has 0 aliphatic rings. The summed E-state index contributed by atoms with van der Waals surface area (Å²) >= 11 is 0. The monoisotopic (exact) mass is 175 g/mol. The summed E-state index contributed by atoms with van der Waals surface area (Å²) in [6.45, 7) is 8.70. The van der Waals surface area contributed by atoms with Crippen molar-refractivity contribution >= 4 is 0 Å². The lowest BCUT2D eigenvalue weighted by molar-refractivity contribution is 0.0529. The second-order valence-corrected chi connectivity index (χ2v) is 3.22. The molecule has 0 aromatic rings. The van der Waals surface area contributed by atoms with E-state index in [4.69, 9.17) is 4.74 Å². The normalized spacial score (nSPS) is 16.0. The average Bonchev–Trinajstić information content (AvgIpc) is 2.04. The first-order valence-electron chi connectivity index (χ1n) is 4.63. The molecule has 0 saturated carbocycles. The van der Waals surface area contributed by atoms with E-state index in [-0.39, 0.29) is 0 Å². The zero-order valence-corrected chi connectivity index (χ0v) is 8.39. The molecule has 0 saturated heterocycles. The third kappa shape index (κ3) is 6.58. The molecule has 0 aromatic carbocycles. The van der Waals surface area contributed by atoms with Crippen molar-refractivity contribution in [3.63, 3.8) is 0 Å². The minimum Gasteiger partial charge on any atom is -0.389 e. The van der Waals surface area contributed by atoms with E-state index in [1.807, 2.05) is 20.8 Å². The number of hydrogen-bond acceptors (Lipinski definition) is 3. The van der Waals surface area contributed by atoms with Gasteiger partial charge in [0, 0.05) is 19.7 Å². The molecule has 1 unspecified atom stereocenters. The van der Waals surface area contributed by atoms with Crippen molar-refractivity contribution < 1.29 is 9.84 Å². The van der Waals surface area contributed by atoms with Gasteiger partial charge in [0.2, 0.25) is 0 Å². The summed E-state index contributed by atoms with van der Waals surface area (Å²) in [5.41, 5.74) is -0.577. The van der Waals surface area contributed by atoms with Crippen LogP contribution in [0.15, 0.2) is 0 Å². The SMILES string of the molecule is CCOCCNCC(C)(O)CC. The molecule has 0 heterocycles. The Kier molecular flexibility index (Phi) is 6.34. The van der Waals surface area contributed by atoms with Crippen LogP contribution in [0.5, 0.6) is 0 Å². The van der Waals surface area contributed by atoms with Crippen LogP contribution in [-0.2, 0) is 4.74 Å². The highest BCUT2D eigenvalue weighted by Crippen LogP contribution is 2.05. The summed E-state index contributed by atoms with van der Waals surface area (Å²) in [6, 6.07) is 0. The minimum absolute atomic E-state index is 0.577. The van der Waals surface area contributed by atoms with E-state index in [2.05, 4.69) is 5.32 Å². The van der Waals surface area contributed by atoms with Crippen LogP contribution < -0.4 is 5.32 Å². The van der Waals surface area contributed by atoms with Crippen LogP contribution in [0.1, 0.15) is 27.2 Å². The molecule has 3 nitrogen and oxygen atoms in total. The topological polar surface area (TPSA) is 41.5 Å². The molecule has 0 aliphatic heterocycles. The van der Waals surface area contributed by atoms with E-state index < -0.39 is 5.60 Å². The lowest BCUT2D eigenvalue weighted by Crippen LogP contribution is -2.38. The fourth-order valence-electron chi connectivity index (χ4n) is 0.771. The molecule has 0 radical (unpaired) electrons. The summed E-state index contributed by atoms with van der Waals surface area (Å²) in [4.78, 5) is 0. The van der Waals surface area contributed by atoms with Gasteiger partial charge >= 0.3 is 0 Å². The Balaban J connectivity index is 3.19. The molecule has 0 bridgehead atoms. The molecule has 0 rings (SSSR count). The second kappa shape index (κ2) is 6.40. The van der Waals surface area contributed by atoms with Crippen molar-refractivity contribution in [3.05, 3.63) is 0 Å². The zero-order chi connectivity index (χ0) is 9.45. The van der Waals surface area contributed by atoms with Gasteiger partial charge in [0.25, 0.3) is 0 Å². The predicted octanol–water partition coefficient (Wildman–Crippen LogP) is 0.773. The van der Waals surface area contributed by atoms with Crippen molar-refractivity contribution in [1.29, 1.82) is 0 Å². The summed E-state index contributed by atoms with van der Waals surface area (Å²) < 4.78 is 5.14. The van der Waals surface area contributed by atoms with Crippen LogP contribution in [0.2, 0.25) is 0 Å². The summed E-state index contributed by atoms with van der Waals surface area (Å²) in [5.74, 6) is 0. The smallest absolute Gasteiger partial charge is 0.0741 e. The maximum absolute atomic E-state index is 9.58. The van der Waals surface area contributed by atoms with Gasteiger partial charge in [-0.3, -0.25) is 0 Å². The van der Waals surface area contributed by atoms with E-state index in [0.717, 1.165) is 26.2 Å². The van der Waals surface area contributed by atoms with E-state index in [9.17, 15) is 5.11 Å². The lowest BCUT2D eigenvalue weighted by Gasteiger charge is -2.21. The van der Waals surface area contributed by atoms with Gasteiger partial charge in [0.05, 0.1) is 12.2 Å². The van der Waals surface area contributed by atoms with Gasteiger partial charge in [0.15, 0.2) is 0 Å². The first-order valence-corrected chi connectivity index (χ1v) is 4.63. The number of hydrogen-bond donors (Lipinski definition) is 2. The van der Waals surface area contributed by atoms with Crippen molar-refractivity contribution in [2.75, 3.05) is 26.3 Å². The molecule has 0 aliphatic carbocycles. The minimum atomic E-state index is -0.577. The van der Waals surface area contributed by atoms with Gasteiger partial charge in [-0.25, -0.2) is 0 Å². The Bertz CT molecular complexity index is 105. The Morgan fingerprint density at radius 1 is 1.42 bits per heavy atom. The maximum atomic E-state index is 9.58. The second-order valence-electron chi connectivity index (χ2n) is 3.22. The van der Waals surface area contributed by atoms with Gasteiger partial charge in [-0.2, -0.15) is 0 Å². The van der Waals surface area contributed by atoms with E-state index >= 15 is 0 Å². The molecular weight excluding hydrogens is 154 g/mol. The number of ether oxygens (including phenoxy) is 1. The fraction of sp³-hybridized carbons (Fsp3) is 1.00.